The van der Waals surface area contributed by atoms with Gasteiger partial charge in [0.15, 0.2) is 4.34 Å². The quantitative estimate of drug-likeness (QED) is 0.582. The average molecular weight is 363 g/mol. The maximum Gasteiger partial charge on any atom is 0.226 e. The molecule has 2 N–H and O–H groups in total. The van der Waals surface area contributed by atoms with Gasteiger partial charge in [-0.1, -0.05) is 53.4 Å². The van der Waals surface area contributed by atoms with Crippen molar-refractivity contribution in [1.29, 1.82) is 0 Å². The number of hydrogen-bond donors (Lipinski definition) is 2. The summed E-state index contributed by atoms with van der Waals surface area (Å²) in [7, 11) is 0. The number of amides is 1. The van der Waals surface area contributed by atoms with Crippen LogP contribution in [-0.4, -0.2) is 29.2 Å². The van der Waals surface area contributed by atoms with E-state index in [1.54, 1.807) is 11.8 Å². The van der Waals surface area contributed by atoms with E-state index in [0.29, 0.717) is 17.5 Å². The predicted octanol–water partition coefficient (Wildman–Crippen LogP) is 3.55. The first-order valence-corrected chi connectivity index (χ1v) is 10.1. The summed E-state index contributed by atoms with van der Waals surface area (Å²) in [5, 5.41) is 15.0. The third-order valence-corrected chi connectivity index (χ3v) is 6.14. The number of nitrogens with zero attached hydrogens (tertiary/aromatic N) is 2. The Labute approximate surface area is 150 Å². The zero-order chi connectivity index (χ0) is 16.6. The van der Waals surface area contributed by atoms with Crippen LogP contribution in [0.25, 0.3) is 0 Å². The van der Waals surface area contributed by atoms with Gasteiger partial charge >= 0.3 is 0 Å². The van der Waals surface area contributed by atoms with Crippen LogP contribution in [0.2, 0.25) is 0 Å². The van der Waals surface area contributed by atoms with E-state index >= 15 is 0 Å². The molecule has 1 aromatic heterocycles. The number of aromatic nitrogens is 2. The van der Waals surface area contributed by atoms with Gasteiger partial charge in [-0.15, -0.1) is 10.2 Å². The molecule has 2 aromatic rings. The molecule has 3 rings (SSSR count). The summed E-state index contributed by atoms with van der Waals surface area (Å²) < 4.78 is 0.882. The van der Waals surface area contributed by atoms with Crippen LogP contribution >= 0.6 is 23.1 Å². The number of benzene rings is 1. The number of piperidine rings is 1. The maximum absolute atomic E-state index is 12.0. The van der Waals surface area contributed by atoms with Crippen LogP contribution in [0.3, 0.4) is 0 Å². The van der Waals surface area contributed by atoms with Crippen molar-refractivity contribution >= 4 is 34.1 Å². The molecular formula is C17H22N4OS2. The first-order chi connectivity index (χ1) is 11.8. The average Bonchev–Trinajstić information content (AvgIpc) is 3.07. The van der Waals surface area contributed by atoms with Crippen molar-refractivity contribution < 1.29 is 4.79 Å². The Kier molecular flexibility index (Phi) is 6.63. The predicted molar refractivity (Wildman–Crippen MR) is 99.4 cm³/mol. The molecule has 1 aromatic carbocycles. The minimum Gasteiger partial charge on any atom is -0.317 e. The summed E-state index contributed by atoms with van der Waals surface area (Å²) in [5.41, 5.74) is 1.25. The van der Waals surface area contributed by atoms with E-state index in [9.17, 15) is 4.79 Å². The van der Waals surface area contributed by atoms with Crippen molar-refractivity contribution in [2.75, 3.05) is 18.4 Å². The minimum absolute atomic E-state index is 0.0456. The zero-order valence-electron chi connectivity index (χ0n) is 13.5. The second-order valence-corrected chi connectivity index (χ2v) is 8.13. The summed E-state index contributed by atoms with van der Waals surface area (Å²) in [4.78, 5) is 12.0. The lowest BCUT2D eigenvalue weighted by Crippen LogP contribution is -2.28. The van der Waals surface area contributed by atoms with Crippen molar-refractivity contribution in [1.82, 2.24) is 15.5 Å². The molecule has 0 aliphatic carbocycles. The Morgan fingerprint density at radius 3 is 2.83 bits per heavy atom. The lowest BCUT2D eigenvalue weighted by atomic mass is 9.93. The van der Waals surface area contributed by atoms with Gasteiger partial charge in [-0.05, 0) is 43.8 Å². The van der Waals surface area contributed by atoms with Gasteiger partial charge in [-0.25, -0.2) is 0 Å². The summed E-state index contributed by atoms with van der Waals surface area (Å²) in [6.07, 6.45) is 3.87. The van der Waals surface area contributed by atoms with Crippen molar-refractivity contribution in [2.24, 2.45) is 5.92 Å². The zero-order valence-corrected chi connectivity index (χ0v) is 15.2. The van der Waals surface area contributed by atoms with Crippen LogP contribution in [0.15, 0.2) is 34.7 Å². The summed E-state index contributed by atoms with van der Waals surface area (Å²) >= 11 is 3.08. The van der Waals surface area contributed by atoms with Gasteiger partial charge in [0.25, 0.3) is 0 Å². The molecule has 0 radical (unpaired) electrons. The molecule has 0 saturated carbocycles. The molecular weight excluding hydrogens is 340 g/mol. The summed E-state index contributed by atoms with van der Waals surface area (Å²) in [6, 6.07) is 10.3. The molecule has 7 heteroatoms. The van der Waals surface area contributed by atoms with Crippen LogP contribution < -0.4 is 10.6 Å². The van der Waals surface area contributed by atoms with Crippen molar-refractivity contribution in [3.05, 3.63) is 35.9 Å². The molecule has 24 heavy (non-hydrogen) atoms. The Balaban J connectivity index is 1.40. The Bertz CT molecular complexity index is 641. The third-order valence-electron chi connectivity index (χ3n) is 4.10. The lowest BCUT2D eigenvalue weighted by molar-refractivity contribution is -0.116. The van der Waals surface area contributed by atoms with E-state index in [-0.39, 0.29) is 5.91 Å². The van der Waals surface area contributed by atoms with E-state index in [1.807, 2.05) is 18.2 Å². The van der Waals surface area contributed by atoms with Crippen LogP contribution in [0, 0.1) is 5.92 Å². The second kappa shape index (κ2) is 9.15. The second-order valence-electron chi connectivity index (χ2n) is 5.93. The molecule has 128 valence electrons. The van der Waals surface area contributed by atoms with E-state index in [4.69, 9.17) is 0 Å². The van der Waals surface area contributed by atoms with Crippen LogP contribution in [0.4, 0.5) is 5.13 Å². The van der Waals surface area contributed by atoms with E-state index < -0.39 is 0 Å². The highest BCUT2D eigenvalue weighted by Gasteiger charge is 2.15. The number of carbonyl (C=O) groups excluding carboxylic acids is 1. The van der Waals surface area contributed by atoms with E-state index in [1.165, 1.54) is 29.7 Å². The molecule has 1 fully saturated rings. The fourth-order valence-corrected chi connectivity index (χ4v) is 4.45. The molecule has 0 bridgehead atoms. The van der Waals surface area contributed by atoms with Gasteiger partial charge in [0, 0.05) is 12.2 Å². The normalized spacial score (nSPS) is 15.3. The third kappa shape index (κ3) is 5.58. The molecule has 5 nitrogen and oxygen atoms in total. The number of hydrogen-bond acceptors (Lipinski definition) is 6. The first-order valence-electron chi connectivity index (χ1n) is 8.30. The number of nitrogens with one attached hydrogen (secondary N) is 2. The highest BCUT2D eigenvalue weighted by atomic mass is 32.2. The lowest BCUT2D eigenvalue weighted by Gasteiger charge is -2.21. The first kappa shape index (κ1) is 17.4. The fourth-order valence-electron chi connectivity index (χ4n) is 2.73. The molecule has 1 amide bonds. The van der Waals surface area contributed by atoms with Gasteiger partial charge in [0.2, 0.25) is 11.0 Å². The SMILES string of the molecule is O=C(CCC1CCNCC1)Nc1nnc(SCc2ccccc2)s1. The molecule has 1 saturated heterocycles. The van der Waals surface area contributed by atoms with Crippen molar-refractivity contribution in [3.63, 3.8) is 0 Å². The van der Waals surface area contributed by atoms with Gasteiger partial charge in [-0.3, -0.25) is 4.79 Å². The minimum atomic E-state index is 0.0456. The molecule has 1 aliphatic heterocycles. The van der Waals surface area contributed by atoms with Crippen molar-refractivity contribution in [2.45, 2.75) is 35.8 Å². The fraction of sp³-hybridized carbons (Fsp3) is 0.471. The summed E-state index contributed by atoms with van der Waals surface area (Å²) in [5.74, 6) is 1.58. The largest absolute Gasteiger partial charge is 0.317 e. The highest BCUT2D eigenvalue weighted by Crippen LogP contribution is 2.28. The Morgan fingerprint density at radius 1 is 1.25 bits per heavy atom. The molecule has 0 atom stereocenters. The smallest absolute Gasteiger partial charge is 0.226 e. The molecule has 0 spiro atoms. The number of carbonyl (C=O) groups is 1. The van der Waals surface area contributed by atoms with Gasteiger partial charge in [0.1, 0.15) is 0 Å². The standard InChI is InChI=1S/C17H22N4OS2/c22-15(7-6-13-8-10-18-11-9-13)19-16-20-21-17(24-16)23-12-14-4-2-1-3-5-14/h1-5,13,18H,6-12H2,(H,19,20,22). The van der Waals surface area contributed by atoms with Gasteiger partial charge < -0.3 is 10.6 Å². The van der Waals surface area contributed by atoms with Crippen LogP contribution in [0.1, 0.15) is 31.2 Å². The van der Waals surface area contributed by atoms with Gasteiger partial charge in [0.05, 0.1) is 0 Å². The number of thioether (sulfide) groups is 1. The highest BCUT2D eigenvalue weighted by molar-refractivity contribution is 8.00. The molecule has 0 unspecified atom stereocenters. The molecule has 2 heterocycles. The monoisotopic (exact) mass is 362 g/mol. The van der Waals surface area contributed by atoms with Crippen LogP contribution in [-0.2, 0) is 10.5 Å². The molecule has 1 aliphatic rings. The van der Waals surface area contributed by atoms with Gasteiger partial charge in [-0.2, -0.15) is 0 Å². The summed E-state index contributed by atoms with van der Waals surface area (Å²) in [6.45, 7) is 2.15. The number of rotatable bonds is 7. The number of anilines is 1. The van der Waals surface area contributed by atoms with E-state index in [2.05, 4.69) is 33.0 Å². The topological polar surface area (TPSA) is 66.9 Å². The Morgan fingerprint density at radius 2 is 2.04 bits per heavy atom. The van der Waals surface area contributed by atoms with Crippen molar-refractivity contribution in [3.8, 4) is 0 Å². The Hall–Kier alpha value is -1.44. The van der Waals surface area contributed by atoms with E-state index in [0.717, 1.165) is 29.6 Å². The van der Waals surface area contributed by atoms with Crippen LogP contribution in [0.5, 0.6) is 0 Å². The maximum atomic E-state index is 12.0.